The zero-order valence-electron chi connectivity index (χ0n) is 14.9. The van der Waals surface area contributed by atoms with E-state index in [0.717, 1.165) is 25.4 Å². The molecule has 2 aliphatic rings. The van der Waals surface area contributed by atoms with Gasteiger partial charge < -0.3 is 10.6 Å². The molecule has 3 rings (SSSR count). The van der Waals surface area contributed by atoms with Gasteiger partial charge in [0, 0.05) is 32.1 Å². The Morgan fingerprint density at radius 1 is 1.25 bits per heavy atom. The van der Waals surface area contributed by atoms with E-state index in [1.807, 2.05) is 0 Å². The van der Waals surface area contributed by atoms with Crippen molar-refractivity contribution in [3.63, 3.8) is 0 Å². The Morgan fingerprint density at radius 3 is 2.83 bits per heavy atom. The molecule has 0 aromatic heterocycles. The van der Waals surface area contributed by atoms with Crippen LogP contribution in [0.5, 0.6) is 0 Å². The number of carbonyl (C=O) groups is 1. The zero-order chi connectivity index (χ0) is 16.8. The maximum atomic E-state index is 12.2. The number of carbonyl (C=O) groups excluding carboxylic acids is 1. The Hall–Kier alpha value is -1.39. The van der Waals surface area contributed by atoms with Crippen LogP contribution in [0.25, 0.3) is 0 Å². The summed E-state index contributed by atoms with van der Waals surface area (Å²) >= 11 is 0. The van der Waals surface area contributed by atoms with Gasteiger partial charge in [-0.2, -0.15) is 0 Å². The summed E-state index contributed by atoms with van der Waals surface area (Å²) in [7, 11) is 0. The van der Waals surface area contributed by atoms with Crippen molar-refractivity contribution in [2.75, 3.05) is 19.6 Å². The highest BCUT2D eigenvalue weighted by Crippen LogP contribution is 2.19. The molecule has 1 aromatic carbocycles. The first-order chi connectivity index (χ1) is 11.7. The summed E-state index contributed by atoms with van der Waals surface area (Å²) in [6, 6.07) is 8.91. The average molecular weight is 329 g/mol. The van der Waals surface area contributed by atoms with Crippen LogP contribution < -0.4 is 10.6 Å². The van der Waals surface area contributed by atoms with Gasteiger partial charge in [-0.1, -0.05) is 31.2 Å². The van der Waals surface area contributed by atoms with E-state index in [9.17, 15) is 4.79 Å². The van der Waals surface area contributed by atoms with Gasteiger partial charge in [-0.05, 0) is 55.8 Å². The Kier molecular flexibility index (Phi) is 6.27. The Bertz CT molecular complexity index is 539. The summed E-state index contributed by atoms with van der Waals surface area (Å²) in [6.45, 7) is 7.42. The van der Waals surface area contributed by atoms with E-state index in [4.69, 9.17) is 0 Å². The first kappa shape index (κ1) is 17.4. The van der Waals surface area contributed by atoms with Crippen molar-refractivity contribution in [2.24, 2.45) is 5.92 Å². The van der Waals surface area contributed by atoms with Crippen LogP contribution in [0.1, 0.15) is 50.2 Å². The smallest absolute Gasteiger partial charge is 0.221 e. The maximum Gasteiger partial charge on any atom is 0.221 e. The molecule has 24 heavy (non-hydrogen) atoms. The SMILES string of the molecule is CC1CCCN(Cc2ccccc2CNC(=O)CC2CCCN2)C1. The lowest BCUT2D eigenvalue weighted by atomic mass is 9.99. The standard InChI is InChI=1S/C20H31N3O/c1-16-6-5-11-23(14-16)15-18-8-3-2-7-17(18)13-22-20(24)12-19-9-4-10-21-19/h2-3,7-8,16,19,21H,4-6,9-15H2,1H3,(H,22,24). The van der Waals surface area contributed by atoms with Crippen molar-refractivity contribution < 1.29 is 4.79 Å². The average Bonchev–Trinajstić information content (AvgIpc) is 3.07. The van der Waals surface area contributed by atoms with Gasteiger partial charge in [-0.25, -0.2) is 0 Å². The van der Waals surface area contributed by atoms with Gasteiger partial charge in [0.05, 0.1) is 0 Å². The molecule has 0 saturated carbocycles. The van der Waals surface area contributed by atoms with Crippen LogP contribution in [0.3, 0.4) is 0 Å². The summed E-state index contributed by atoms with van der Waals surface area (Å²) in [5.41, 5.74) is 2.61. The van der Waals surface area contributed by atoms with Gasteiger partial charge in [0.1, 0.15) is 0 Å². The molecule has 0 spiro atoms. The summed E-state index contributed by atoms with van der Waals surface area (Å²) in [6.07, 6.45) is 5.57. The van der Waals surface area contributed by atoms with Gasteiger partial charge in [0.15, 0.2) is 0 Å². The summed E-state index contributed by atoms with van der Waals surface area (Å²) in [5.74, 6) is 0.959. The van der Waals surface area contributed by atoms with Crippen molar-refractivity contribution in [2.45, 2.75) is 58.2 Å². The molecule has 4 nitrogen and oxygen atoms in total. The molecule has 2 N–H and O–H groups in total. The molecular weight excluding hydrogens is 298 g/mol. The van der Waals surface area contributed by atoms with Crippen molar-refractivity contribution >= 4 is 5.91 Å². The molecule has 2 heterocycles. The fourth-order valence-electron chi connectivity index (χ4n) is 3.98. The molecule has 1 aromatic rings. The third-order valence-corrected chi connectivity index (χ3v) is 5.32. The third-order valence-electron chi connectivity index (χ3n) is 5.32. The lowest BCUT2D eigenvalue weighted by Crippen LogP contribution is -2.34. The van der Waals surface area contributed by atoms with Gasteiger partial charge in [0.2, 0.25) is 5.91 Å². The van der Waals surface area contributed by atoms with Crippen molar-refractivity contribution in [3.8, 4) is 0 Å². The van der Waals surface area contributed by atoms with E-state index < -0.39 is 0 Å². The van der Waals surface area contributed by atoms with E-state index in [2.05, 4.69) is 46.7 Å². The number of likely N-dealkylation sites (tertiary alicyclic amines) is 1. The highest BCUT2D eigenvalue weighted by molar-refractivity contribution is 5.76. The molecule has 0 aliphatic carbocycles. The van der Waals surface area contributed by atoms with E-state index in [1.165, 1.54) is 43.5 Å². The fraction of sp³-hybridized carbons (Fsp3) is 0.650. The molecule has 2 atom stereocenters. The maximum absolute atomic E-state index is 12.2. The second kappa shape index (κ2) is 8.63. The molecule has 0 radical (unpaired) electrons. The van der Waals surface area contributed by atoms with Gasteiger partial charge in [0.25, 0.3) is 0 Å². The van der Waals surface area contributed by atoms with E-state index in [0.29, 0.717) is 19.0 Å². The summed E-state index contributed by atoms with van der Waals surface area (Å²) in [4.78, 5) is 14.7. The highest BCUT2D eigenvalue weighted by atomic mass is 16.1. The van der Waals surface area contributed by atoms with Gasteiger partial charge in [-0.3, -0.25) is 9.69 Å². The molecule has 1 amide bonds. The topological polar surface area (TPSA) is 44.4 Å². The second-order valence-corrected chi connectivity index (χ2v) is 7.53. The lowest BCUT2D eigenvalue weighted by Gasteiger charge is -2.31. The minimum atomic E-state index is 0.163. The summed E-state index contributed by atoms with van der Waals surface area (Å²) in [5, 5.41) is 6.50. The molecule has 0 bridgehead atoms. The van der Waals surface area contributed by atoms with Crippen LogP contribution in [0.15, 0.2) is 24.3 Å². The van der Waals surface area contributed by atoms with Crippen molar-refractivity contribution in [3.05, 3.63) is 35.4 Å². The highest BCUT2D eigenvalue weighted by Gasteiger charge is 2.19. The van der Waals surface area contributed by atoms with E-state index in [1.54, 1.807) is 0 Å². The number of hydrogen-bond donors (Lipinski definition) is 2. The Morgan fingerprint density at radius 2 is 2.08 bits per heavy atom. The van der Waals surface area contributed by atoms with Crippen LogP contribution in [0.2, 0.25) is 0 Å². The second-order valence-electron chi connectivity index (χ2n) is 7.53. The zero-order valence-corrected chi connectivity index (χ0v) is 14.9. The van der Waals surface area contributed by atoms with E-state index >= 15 is 0 Å². The van der Waals surface area contributed by atoms with Crippen LogP contribution in [0.4, 0.5) is 0 Å². The monoisotopic (exact) mass is 329 g/mol. The van der Waals surface area contributed by atoms with Crippen LogP contribution in [-0.4, -0.2) is 36.5 Å². The summed E-state index contributed by atoms with van der Waals surface area (Å²) < 4.78 is 0. The molecule has 2 aliphatic heterocycles. The predicted molar refractivity (Wildman–Crippen MR) is 97.6 cm³/mol. The number of benzene rings is 1. The predicted octanol–water partition coefficient (Wildman–Crippen LogP) is 2.68. The van der Waals surface area contributed by atoms with Crippen molar-refractivity contribution in [1.29, 1.82) is 0 Å². The lowest BCUT2D eigenvalue weighted by molar-refractivity contribution is -0.121. The first-order valence-electron chi connectivity index (χ1n) is 9.50. The van der Waals surface area contributed by atoms with E-state index in [-0.39, 0.29) is 5.91 Å². The minimum Gasteiger partial charge on any atom is -0.352 e. The molecule has 132 valence electrons. The minimum absolute atomic E-state index is 0.163. The van der Waals surface area contributed by atoms with Crippen LogP contribution >= 0.6 is 0 Å². The quantitative estimate of drug-likeness (QED) is 0.843. The molecular formula is C20H31N3O. The Labute approximate surface area is 146 Å². The first-order valence-corrected chi connectivity index (χ1v) is 9.50. The number of nitrogens with zero attached hydrogens (tertiary/aromatic N) is 1. The normalized spacial score (nSPS) is 24.9. The number of amides is 1. The molecule has 2 fully saturated rings. The Balaban J connectivity index is 1.52. The number of piperidine rings is 1. The molecule has 2 saturated heterocycles. The van der Waals surface area contributed by atoms with Crippen LogP contribution in [0, 0.1) is 5.92 Å². The largest absolute Gasteiger partial charge is 0.352 e. The van der Waals surface area contributed by atoms with Gasteiger partial charge >= 0.3 is 0 Å². The van der Waals surface area contributed by atoms with Crippen molar-refractivity contribution in [1.82, 2.24) is 15.5 Å². The fourth-order valence-corrected chi connectivity index (χ4v) is 3.98. The molecule has 2 unspecified atom stereocenters. The number of nitrogens with one attached hydrogen (secondary N) is 2. The van der Waals surface area contributed by atoms with Crippen LogP contribution in [-0.2, 0) is 17.9 Å². The molecule has 4 heteroatoms. The number of rotatable bonds is 6. The number of hydrogen-bond acceptors (Lipinski definition) is 3. The third kappa shape index (κ3) is 5.05. The van der Waals surface area contributed by atoms with Gasteiger partial charge in [-0.15, -0.1) is 0 Å².